The largest absolute Gasteiger partial charge is 0.368 e. The highest BCUT2D eigenvalue weighted by Gasteiger charge is 2.37. The van der Waals surface area contributed by atoms with Crippen molar-refractivity contribution in [2.45, 2.75) is 47.1 Å². The molecule has 10 heteroatoms. The van der Waals surface area contributed by atoms with Crippen molar-refractivity contribution in [1.82, 2.24) is 5.32 Å². The van der Waals surface area contributed by atoms with Crippen molar-refractivity contribution < 1.29 is 18.0 Å². The molecule has 3 N–H and O–H groups in total. The molecule has 0 heterocycles. The van der Waals surface area contributed by atoms with Crippen LogP contribution in [0.2, 0.25) is 5.02 Å². The second kappa shape index (κ2) is 11.5. The Morgan fingerprint density at radius 3 is 2.46 bits per heavy atom. The molecule has 0 bridgehead atoms. The van der Waals surface area contributed by atoms with Gasteiger partial charge in [-0.1, -0.05) is 42.6 Å². The number of hydrogen-bond donors (Lipinski definition) is 2. The van der Waals surface area contributed by atoms with Gasteiger partial charge in [-0.2, -0.15) is 5.26 Å². The standard InChI is InChI=1S/C25H28ClN3O4S2/c1-25(24(28)31,21-8-4-5-9-22(21)26)34-18-10-12-19(13-11-18)35(32,33)16-17-6-2-3-7-20(17)23(30)29-15-14-27/h4-5,8-13,17,20H,2-3,6-7,15-16H2,1H3,(H2,28,31)(H,29,30). The second-order valence-electron chi connectivity index (χ2n) is 8.76. The number of primary amides is 1. The van der Waals surface area contributed by atoms with Crippen LogP contribution in [-0.4, -0.2) is 32.5 Å². The first-order valence-corrected chi connectivity index (χ1v) is 14.1. The van der Waals surface area contributed by atoms with E-state index in [4.69, 9.17) is 22.6 Å². The first kappa shape index (κ1) is 27.1. The van der Waals surface area contributed by atoms with E-state index < -0.39 is 26.4 Å². The average Bonchev–Trinajstić information content (AvgIpc) is 2.83. The molecular weight excluding hydrogens is 506 g/mol. The Labute approximate surface area is 215 Å². The van der Waals surface area contributed by atoms with Crippen LogP contribution in [0, 0.1) is 23.2 Å². The summed E-state index contributed by atoms with van der Waals surface area (Å²) in [6, 6.07) is 15.2. The maximum atomic E-state index is 13.2. The minimum Gasteiger partial charge on any atom is -0.368 e. The summed E-state index contributed by atoms with van der Waals surface area (Å²) in [5, 5.41) is 11.7. The molecule has 2 aromatic rings. The van der Waals surface area contributed by atoms with Gasteiger partial charge in [0, 0.05) is 15.8 Å². The zero-order valence-corrected chi connectivity index (χ0v) is 21.8. The Morgan fingerprint density at radius 1 is 1.17 bits per heavy atom. The molecule has 1 fully saturated rings. The Balaban J connectivity index is 1.78. The Kier molecular flexibility index (Phi) is 8.86. The highest BCUT2D eigenvalue weighted by molar-refractivity contribution is 8.01. The number of nitriles is 1. The van der Waals surface area contributed by atoms with Crippen molar-refractivity contribution in [2.75, 3.05) is 12.3 Å². The molecule has 1 aliphatic rings. The van der Waals surface area contributed by atoms with Gasteiger partial charge in [0.05, 0.1) is 16.7 Å². The van der Waals surface area contributed by atoms with Gasteiger partial charge in [-0.05, 0) is 61.6 Å². The molecule has 0 saturated heterocycles. The number of benzene rings is 2. The normalized spacial score (nSPS) is 19.8. The molecule has 186 valence electrons. The Hall–Kier alpha value is -2.54. The lowest BCUT2D eigenvalue weighted by Crippen LogP contribution is -2.39. The van der Waals surface area contributed by atoms with Crippen molar-refractivity contribution in [3.05, 3.63) is 59.1 Å². The third-order valence-corrected chi connectivity index (χ3v) is 9.91. The monoisotopic (exact) mass is 533 g/mol. The zero-order chi connectivity index (χ0) is 25.6. The molecule has 3 unspecified atom stereocenters. The lowest BCUT2D eigenvalue weighted by molar-refractivity contribution is -0.127. The van der Waals surface area contributed by atoms with Gasteiger partial charge >= 0.3 is 0 Å². The fraction of sp³-hybridized carbons (Fsp3) is 0.400. The van der Waals surface area contributed by atoms with Crippen LogP contribution in [0.3, 0.4) is 0 Å². The van der Waals surface area contributed by atoms with Crippen molar-refractivity contribution in [3.63, 3.8) is 0 Å². The van der Waals surface area contributed by atoms with E-state index in [9.17, 15) is 18.0 Å². The Bertz CT molecular complexity index is 1230. The van der Waals surface area contributed by atoms with E-state index in [0.717, 1.165) is 12.8 Å². The third-order valence-electron chi connectivity index (χ3n) is 6.38. The van der Waals surface area contributed by atoms with Crippen molar-refractivity contribution in [3.8, 4) is 6.07 Å². The van der Waals surface area contributed by atoms with Crippen molar-refractivity contribution in [1.29, 1.82) is 5.26 Å². The quantitative estimate of drug-likeness (QED) is 0.369. The summed E-state index contributed by atoms with van der Waals surface area (Å²) in [5.74, 6) is -1.69. The van der Waals surface area contributed by atoms with Gasteiger partial charge in [0.15, 0.2) is 9.84 Å². The van der Waals surface area contributed by atoms with Gasteiger partial charge < -0.3 is 11.1 Å². The number of carbonyl (C=O) groups is 2. The molecule has 7 nitrogen and oxygen atoms in total. The molecule has 2 aromatic carbocycles. The molecule has 1 aliphatic carbocycles. The summed E-state index contributed by atoms with van der Waals surface area (Å²) < 4.78 is 25.2. The number of rotatable bonds is 9. The summed E-state index contributed by atoms with van der Waals surface area (Å²) in [5.41, 5.74) is 6.30. The van der Waals surface area contributed by atoms with E-state index in [-0.39, 0.29) is 29.0 Å². The van der Waals surface area contributed by atoms with E-state index >= 15 is 0 Å². The van der Waals surface area contributed by atoms with E-state index in [1.807, 2.05) is 6.07 Å². The number of nitrogens with zero attached hydrogens (tertiary/aromatic N) is 1. The third kappa shape index (κ3) is 6.37. The topological polar surface area (TPSA) is 130 Å². The smallest absolute Gasteiger partial charge is 0.238 e. The average molecular weight is 534 g/mol. The molecule has 3 atom stereocenters. The molecule has 0 radical (unpaired) electrons. The molecule has 3 rings (SSSR count). The molecule has 0 aliphatic heterocycles. The number of carbonyl (C=O) groups excluding carboxylic acids is 2. The van der Waals surface area contributed by atoms with Crippen LogP contribution in [0.5, 0.6) is 0 Å². The molecular formula is C25H28ClN3O4S2. The maximum absolute atomic E-state index is 13.2. The minimum atomic E-state index is -3.65. The van der Waals surface area contributed by atoms with Crippen molar-refractivity contribution >= 4 is 45.0 Å². The SMILES string of the molecule is CC(Sc1ccc(S(=O)(=O)CC2CCCCC2C(=O)NCC#N)cc1)(C(N)=O)c1ccccc1Cl. The van der Waals surface area contributed by atoms with E-state index in [1.54, 1.807) is 43.3 Å². The summed E-state index contributed by atoms with van der Waals surface area (Å²) in [6.45, 7) is 1.60. The number of nitrogens with one attached hydrogen (secondary N) is 1. The number of sulfone groups is 1. The van der Waals surface area contributed by atoms with Gasteiger partial charge in [0.1, 0.15) is 11.3 Å². The van der Waals surface area contributed by atoms with Gasteiger partial charge in [0.2, 0.25) is 11.8 Å². The number of halogens is 1. The van der Waals surface area contributed by atoms with E-state index in [1.165, 1.54) is 23.9 Å². The fourth-order valence-electron chi connectivity index (χ4n) is 4.42. The summed E-state index contributed by atoms with van der Waals surface area (Å²) in [6.07, 6.45) is 2.98. The first-order valence-electron chi connectivity index (χ1n) is 11.3. The van der Waals surface area contributed by atoms with E-state index in [2.05, 4.69) is 5.32 Å². The Morgan fingerprint density at radius 2 is 1.83 bits per heavy atom. The molecule has 0 spiro atoms. The van der Waals surface area contributed by atoms with Crippen LogP contribution in [0.1, 0.15) is 38.2 Å². The minimum absolute atomic E-state index is 0.0909. The number of amides is 2. The highest BCUT2D eigenvalue weighted by Crippen LogP contribution is 2.44. The lowest BCUT2D eigenvalue weighted by Gasteiger charge is -2.30. The van der Waals surface area contributed by atoms with Crippen LogP contribution in [-0.2, 0) is 24.2 Å². The van der Waals surface area contributed by atoms with Gasteiger partial charge in [0.25, 0.3) is 0 Å². The van der Waals surface area contributed by atoms with E-state index in [0.29, 0.717) is 28.3 Å². The zero-order valence-electron chi connectivity index (χ0n) is 19.4. The predicted molar refractivity (Wildman–Crippen MR) is 136 cm³/mol. The van der Waals surface area contributed by atoms with Crippen LogP contribution in [0.25, 0.3) is 0 Å². The predicted octanol–water partition coefficient (Wildman–Crippen LogP) is 4.05. The molecule has 35 heavy (non-hydrogen) atoms. The number of thioether (sulfide) groups is 1. The summed E-state index contributed by atoms with van der Waals surface area (Å²) in [4.78, 5) is 25.6. The second-order valence-corrected chi connectivity index (χ2v) is 12.7. The molecule has 0 aromatic heterocycles. The van der Waals surface area contributed by atoms with Gasteiger partial charge in [-0.3, -0.25) is 9.59 Å². The van der Waals surface area contributed by atoms with Gasteiger partial charge in [-0.25, -0.2) is 8.42 Å². The molecule has 1 saturated carbocycles. The van der Waals surface area contributed by atoms with Crippen LogP contribution < -0.4 is 11.1 Å². The first-order chi connectivity index (χ1) is 16.6. The van der Waals surface area contributed by atoms with Crippen LogP contribution >= 0.6 is 23.4 Å². The lowest BCUT2D eigenvalue weighted by atomic mass is 9.80. The van der Waals surface area contributed by atoms with Crippen molar-refractivity contribution in [2.24, 2.45) is 17.6 Å². The van der Waals surface area contributed by atoms with Crippen LogP contribution in [0.4, 0.5) is 0 Å². The number of hydrogen-bond acceptors (Lipinski definition) is 6. The summed E-state index contributed by atoms with van der Waals surface area (Å²) in [7, 11) is -3.65. The maximum Gasteiger partial charge on any atom is 0.238 e. The van der Waals surface area contributed by atoms with Crippen LogP contribution in [0.15, 0.2) is 58.3 Å². The molecule has 2 amide bonds. The highest BCUT2D eigenvalue weighted by atomic mass is 35.5. The summed E-state index contributed by atoms with van der Waals surface area (Å²) >= 11 is 7.51. The number of nitrogens with two attached hydrogens (primary N) is 1. The fourth-order valence-corrected chi connectivity index (χ4v) is 7.64. The van der Waals surface area contributed by atoms with Gasteiger partial charge in [-0.15, -0.1) is 11.8 Å².